The van der Waals surface area contributed by atoms with Crippen LogP contribution in [0.15, 0.2) is 41.3 Å². The summed E-state index contributed by atoms with van der Waals surface area (Å²) in [7, 11) is 1.81. The van der Waals surface area contributed by atoms with Crippen LogP contribution in [0.1, 0.15) is 12.5 Å². The smallest absolute Gasteiger partial charge is 0.248 e. The van der Waals surface area contributed by atoms with Crippen LogP contribution in [0.4, 0.5) is 0 Å². The SMILES string of the molecule is C=C(C)C(=O)N(C)CCSc1ccccc1C. The van der Waals surface area contributed by atoms with E-state index in [0.29, 0.717) is 5.57 Å². The summed E-state index contributed by atoms with van der Waals surface area (Å²) in [4.78, 5) is 14.6. The number of aryl methyl sites for hydroxylation is 1. The molecule has 0 heterocycles. The minimum atomic E-state index is 0.0235. The Labute approximate surface area is 108 Å². The molecule has 17 heavy (non-hydrogen) atoms. The first kappa shape index (κ1) is 13.8. The van der Waals surface area contributed by atoms with Crippen LogP contribution in [0.5, 0.6) is 0 Å². The summed E-state index contributed by atoms with van der Waals surface area (Å²) in [5.41, 5.74) is 1.87. The van der Waals surface area contributed by atoms with Crippen molar-refractivity contribution >= 4 is 17.7 Å². The molecule has 0 unspecified atom stereocenters. The average Bonchev–Trinajstić information content (AvgIpc) is 2.30. The van der Waals surface area contributed by atoms with Crippen molar-refractivity contribution in [1.82, 2.24) is 4.90 Å². The van der Waals surface area contributed by atoms with E-state index in [2.05, 4.69) is 25.6 Å². The molecule has 1 aromatic carbocycles. The van der Waals surface area contributed by atoms with E-state index in [1.165, 1.54) is 10.5 Å². The van der Waals surface area contributed by atoms with E-state index in [-0.39, 0.29) is 5.91 Å². The maximum atomic E-state index is 11.6. The minimum absolute atomic E-state index is 0.0235. The van der Waals surface area contributed by atoms with Crippen LogP contribution in [0, 0.1) is 6.92 Å². The van der Waals surface area contributed by atoms with Gasteiger partial charge in [-0.25, -0.2) is 0 Å². The van der Waals surface area contributed by atoms with Gasteiger partial charge in [-0.3, -0.25) is 4.79 Å². The second-order valence-electron chi connectivity index (χ2n) is 4.12. The van der Waals surface area contributed by atoms with Gasteiger partial charge in [0.15, 0.2) is 0 Å². The van der Waals surface area contributed by atoms with Gasteiger partial charge in [0.05, 0.1) is 0 Å². The molecule has 1 rings (SSSR count). The summed E-state index contributed by atoms with van der Waals surface area (Å²) in [5.74, 6) is 0.927. The van der Waals surface area contributed by atoms with E-state index in [1.807, 2.05) is 19.2 Å². The first-order chi connectivity index (χ1) is 8.02. The van der Waals surface area contributed by atoms with Gasteiger partial charge in [-0.15, -0.1) is 11.8 Å². The van der Waals surface area contributed by atoms with Crippen molar-refractivity contribution in [3.8, 4) is 0 Å². The number of likely N-dealkylation sites (N-methyl/N-ethyl adjacent to an activating group) is 1. The van der Waals surface area contributed by atoms with E-state index in [0.717, 1.165) is 12.3 Å². The maximum absolute atomic E-state index is 11.6. The highest BCUT2D eigenvalue weighted by atomic mass is 32.2. The third-order valence-corrected chi connectivity index (χ3v) is 3.65. The highest BCUT2D eigenvalue weighted by molar-refractivity contribution is 7.99. The number of hydrogen-bond acceptors (Lipinski definition) is 2. The Kier molecular flexibility index (Phi) is 5.29. The minimum Gasteiger partial charge on any atom is -0.341 e. The largest absolute Gasteiger partial charge is 0.341 e. The number of carbonyl (C=O) groups is 1. The number of nitrogens with zero attached hydrogens (tertiary/aromatic N) is 1. The van der Waals surface area contributed by atoms with Gasteiger partial charge in [-0.05, 0) is 25.5 Å². The second-order valence-corrected chi connectivity index (χ2v) is 5.26. The number of hydrogen-bond donors (Lipinski definition) is 0. The Morgan fingerprint density at radius 3 is 2.65 bits per heavy atom. The van der Waals surface area contributed by atoms with E-state index in [1.54, 1.807) is 23.6 Å². The summed E-state index contributed by atoms with van der Waals surface area (Å²) < 4.78 is 0. The van der Waals surface area contributed by atoms with Crippen molar-refractivity contribution in [2.24, 2.45) is 0 Å². The molecule has 0 saturated heterocycles. The van der Waals surface area contributed by atoms with Crippen LogP contribution in [0.3, 0.4) is 0 Å². The molecule has 92 valence electrons. The van der Waals surface area contributed by atoms with Crippen LogP contribution in [0.2, 0.25) is 0 Å². The number of thioether (sulfide) groups is 1. The zero-order chi connectivity index (χ0) is 12.8. The Bertz CT molecular complexity index is 414. The average molecular weight is 249 g/mol. The Balaban J connectivity index is 2.41. The fourth-order valence-corrected chi connectivity index (χ4v) is 2.49. The predicted octanol–water partition coefficient (Wildman–Crippen LogP) is 3.12. The molecule has 0 spiro atoms. The van der Waals surface area contributed by atoms with Crippen LogP contribution >= 0.6 is 11.8 Å². The van der Waals surface area contributed by atoms with Gasteiger partial charge in [-0.2, -0.15) is 0 Å². The van der Waals surface area contributed by atoms with Crippen molar-refractivity contribution in [2.45, 2.75) is 18.7 Å². The fraction of sp³-hybridized carbons (Fsp3) is 0.357. The van der Waals surface area contributed by atoms with Gasteiger partial charge < -0.3 is 4.90 Å². The van der Waals surface area contributed by atoms with Crippen molar-refractivity contribution in [3.63, 3.8) is 0 Å². The predicted molar refractivity (Wildman–Crippen MR) is 74.4 cm³/mol. The Morgan fingerprint density at radius 2 is 2.06 bits per heavy atom. The zero-order valence-corrected chi connectivity index (χ0v) is 11.5. The first-order valence-electron chi connectivity index (χ1n) is 5.61. The summed E-state index contributed by atoms with van der Waals surface area (Å²) in [6.07, 6.45) is 0. The lowest BCUT2D eigenvalue weighted by molar-refractivity contribution is -0.125. The molecule has 0 aromatic heterocycles. The molecule has 0 aliphatic heterocycles. The van der Waals surface area contributed by atoms with Gasteiger partial charge in [0.1, 0.15) is 0 Å². The van der Waals surface area contributed by atoms with Crippen molar-refractivity contribution in [2.75, 3.05) is 19.3 Å². The van der Waals surface area contributed by atoms with Gasteiger partial charge in [-0.1, -0.05) is 24.8 Å². The van der Waals surface area contributed by atoms with Crippen molar-refractivity contribution < 1.29 is 4.79 Å². The molecule has 0 bridgehead atoms. The second kappa shape index (κ2) is 6.50. The molecule has 1 aromatic rings. The van der Waals surface area contributed by atoms with Crippen molar-refractivity contribution in [3.05, 3.63) is 42.0 Å². The summed E-state index contributed by atoms with van der Waals surface area (Å²) in [6, 6.07) is 8.29. The topological polar surface area (TPSA) is 20.3 Å². The molecule has 0 fully saturated rings. The first-order valence-corrected chi connectivity index (χ1v) is 6.60. The lowest BCUT2D eigenvalue weighted by Crippen LogP contribution is -2.29. The third kappa shape index (κ3) is 4.27. The van der Waals surface area contributed by atoms with E-state index in [9.17, 15) is 4.79 Å². The third-order valence-electron chi connectivity index (χ3n) is 2.49. The molecule has 1 amide bonds. The van der Waals surface area contributed by atoms with Gasteiger partial charge >= 0.3 is 0 Å². The Hall–Kier alpha value is -1.22. The molecular formula is C14H19NOS. The van der Waals surface area contributed by atoms with Gasteiger partial charge in [0.25, 0.3) is 0 Å². The number of rotatable bonds is 5. The number of carbonyl (C=O) groups excluding carboxylic acids is 1. The molecule has 0 aliphatic rings. The molecule has 0 N–H and O–H groups in total. The highest BCUT2D eigenvalue weighted by Crippen LogP contribution is 2.21. The normalized spacial score (nSPS) is 10.1. The van der Waals surface area contributed by atoms with Gasteiger partial charge in [0.2, 0.25) is 5.91 Å². The quantitative estimate of drug-likeness (QED) is 0.590. The molecule has 3 heteroatoms. The molecule has 0 atom stereocenters. The summed E-state index contributed by atoms with van der Waals surface area (Å²) in [5, 5.41) is 0. The highest BCUT2D eigenvalue weighted by Gasteiger charge is 2.08. The molecule has 0 aliphatic carbocycles. The number of benzene rings is 1. The Morgan fingerprint density at radius 1 is 1.41 bits per heavy atom. The summed E-state index contributed by atoms with van der Waals surface area (Å²) >= 11 is 1.78. The van der Waals surface area contributed by atoms with E-state index < -0.39 is 0 Å². The fourth-order valence-electron chi connectivity index (χ4n) is 1.44. The number of amides is 1. The van der Waals surface area contributed by atoms with Crippen LogP contribution in [-0.4, -0.2) is 30.2 Å². The van der Waals surface area contributed by atoms with E-state index in [4.69, 9.17) is 0 Å². The summed E-state index contributed by atoms with van der Waals surface area (Å²) in [6.45, 7) is 8.24. The van der Waals surface area contributed by atoms with Crippen molar-refractivity contribution in [1.29, 1.82) is 0 Å². The lowest BCUT2D eigenvalue weighted by Gasteiger charge is -2.16. The van der Waals surface area contributed by atoms with E-state index >= 15 is 0 Å². The van der Waals surface area contributed by atoms with Gasteiger partial charge in [0, 0.05) is 29.8 Å². The maximum Gasteiger partial charge on any atom is 0.248 e. The molecule has 0 radical (unpaired) electrons. The molecule has 0 saturated carbocycles. The molecule has 2 nitrogen and oxygen atoms in total. The lowest BCUT2D eigenvalue weighted by atomic mass is 10.2. The monoisotopic (exact) mass is 249 g/mol. The van der Waals surface area contributed by atoms with Crippen LogP contribution < -0.4 is 0 Å². The van der Waals surface area contributed by atoms with Crippen LogP contribution in [-0.2, 0) is 4.79 Å². The zero-order valence-electron chi connectivity index (χ0n) is 10.7. The molecular weight excluding hydrogens is 230 g/mol. The van der Waals surface area contributed by atoms with Crippen LogP contribution in [0.25, 0.3) is 0 Å². The standard InChI is InChI=1S/C14H19NOS/c1-11(2)14(16)15(4)9-10-17-13-8-6-5-7-12(13)3/h5-8H,1,9-10H2,2-4H3.